The Hall–Kier alpha value is -2.34. The van der Waals surface area contributed by atoms with E-state index in [0.29, 0.717) is 11.3 Å². The van der Waals surface area contributed by atoms with Crippen molar-refractivity contribution in [3.05, 3.63) is 59.7 Å². The van der Waals surface area contributed by atoms with Crippen molar-refractivity contribution in [2.45, 2.75) is 11.8 Å². The molecule has 0 saturated heterocycles. The van der Waals surface area contributed by atoms with Crippen molar-refractivity contribution in [1.29, 1.82) is 0 Å². The number of anilines is 1. The minimum absolute atomic E-state index is 0.156. The first-order valence-electron chi connectivity index (χ1n) is 5.88. The van der Waals surface area contributed by atoms with E-state index in [0.717, 1.165) is 0 Å². The maximum absolute atomic E-state index is 12.2. The van der Waals surface area contributed by atoms with E-state index in [-0.39, 0.29) is 10.5 Å². The minimum atomic E-state index is -3.68. The van der Waals surface area contributed by atoms with Crippen molar-refractivity contribution in [2.24, 2.45) is 5.73 Å². The van der Waals surface area contributed by atoms with Crippen molar-refractivity contribution >= 4 is 21.6 Å². The summed E-state index contributed by atoms with van der Waals surface area (Å²) in [7, 11) is -3.68. The number of nitrogens with one attached hydrogen (secondary N) is 1. The van der Waals surface area contributed by atoms with Gasteiger partial charge in [0.05, 0.1) is 10.6 Å². The summed E-state index contributed by atoms with van der Waals surface area (Å²) in [5.41, 5.74) is 6.48. The Labute approximate surface area is 117 Å². The van der Waals surface area contributed by atoms with Crippen LogP contribution in [-0.2, 0) is 10.0 Å². The zero-order valence-electron chi connectivity index (χ0n) is 10.8. The van der Waals surface area contributed by atoms with E-state index in [1.54, 1.807) is 37.3 Å². The number of aryl methyl sites for hydroxylation is 1. The molecule has 0 atom stereocenters. The third kappa shape index (κ3) is 2.97. The van der Waals surface area contributed by atoms with Crippen molar-refractivity contribution in [1.82, 2.24) is 0 Å². The molecule has 1 amide bonds. The van der Waals surface area contributed by atoms with Gasteiger partial charge in [0.15, 0.2) is 0 Å². The van der Waals surface area contributed by atoms with Gasteiger partial charge < -0.3 is 5.73 Å². The fourth-order valence-corrected chi connectivity index (χ4v) is 2.83. The number of sulfonamides is 1. The zero-order valence-corrected chi connectivity index (χ0v) is 11.6. The standard InChI is InChI=1S/C14H14N2O3S/c1-10-7-8-11(14(15)17)9-13(10)16-20(18,19)12-5-3-2-4-6-12/h2-9,16H,1H3,(H2,15,17). The van der Waals surface area contributed by atoms with E-state index in [1.165, 1.54) is 18.2 Å². The summed E-state index contributed by atoms with van der Waals surface area (Å²) in [6.07, 6.45) is 0. The molecule has 0 spiro atoms. The molecule has 0 fully saturated rings. The van der Waals surface area contributed by atoms with Crippen LogP contribution in [0.1, 0.15) is 15.9 Å². The van der Waals surface area contributed by atoms with Crippen LogP contribution in [-0.4, -0.2) is 14.3 Å². The molecule has 104 valence electrons. The second-order valence-electron chi connectivity index (χ2n) is 4.31. The van der Waals surface area contributed by atoms with E-state index in [1.807, 2.05) is 0 Å². The number of primary amides is 1. The van der Waals surface area contributed by atoms with E-state index in [2.05, 4.69) is 4.72 Å². The van der Waals surface area contributed by atoms with Crippen LogP contribution in [0.4, 0.5) is 5.69 Å². The minimum Gasteiger partial charge on any atom is -0.366 e. The highest BCUT2D eigenvalue weighted by Gasteiger charge is 2.15. The zero-order chi connectivity index (χ0) is 14.8. The molecule has 5 nitrogen and oxygen atoms in total. The number of carbonyl (C=O) groups is 1. The predicted molar refractivity (Wildman–Crippen MR) is 76.9 cm³/mol. The molecule has 0 unspecified atom stereocenters. The Bertz CT molecular complexity index is 740. The largest absolute Gasteiger partial charge is 0.366 e. The monoisotopic (exact) mass is 290 g/mol. The van der Waals surface area contributed by atoms with Crippen molar-refractivity contribution in [3.8, 4) is 0 Å². The summed E-state index contributed by atoms with van der Waals surface area (Å²) < 4.78 is 26.9. The van der Waals surface area contributed by atoms with Crippen LogP contribution in [0.5, 0.6) is 0 Å². The Balaban J connectivity index is 2.39. The van der Waals surface area contributed by atoms with Gasteiger partial charge in [0.2, 0.25) is 5.91 Å². The Kier molecular flexibility index (Phi) is 3.76. The Morgan fingerprint density at radius 1 is 1.10 bits per heavy atom. The van der Waals surface area contributed by atoms with Crippen LogP contribution in [0.15, 0.2) is 53.4 Å². The second kappa shape index (κ2) is 5.34. The van der Waals surface area contributed by atoms with Gasteiger partial charge in [-0.2, -0.15) is 0 Å². The second-order valence-corrected chi connectivity index (χ2v) is 5.99. The van der Waals surface area contributed by atoms with Gasteiger partial charge in [-0.3, -0.25) is 9.52 Å². The van der Waals surface area contributed by atoms with Crippen LogP contribution in [0, 0.1) is 6.92 Å². The summed E-state index contributed by atoms with van der Waals surface area (Å²) in [5.74, 6) is -0.606. The number of amides is 1. The lowest BCUT2D eigenvalue weighted by Crippen LogP contribution is -2.15. The molecular formula is C14H14N2O3S. The predicted octanol–water partition coefficient (Wildman–Crippen LogP) is 1.89. The average Bonchev–Trinajstić information content (AvgIpc) is 2.42. The number of nitrogens with two attached hydrogens (primary N) is 1. The molecular weight excluding hydrogens is 276 g/mol. The average molecular weight is 290 g/mol. The van der Waals surface area contributed by atoms with Gasteiger partial charge in [-0.05, 0) is 36.8 Å². The molecule has 6 heteroatoms. The molecule has 2 aromatic carbocycles. The Morgan fingerprint density at radius 3 is 2.35 bits per heavy atom. The van der Waals surface area contributed by atoms with Crippen molar-refractivity contribution < 1.29 is 13.2 Å². The number of carbonyl (C=O) groups excluding carboxylic acids is 1. The van der Waals surface area contributed by atoms with Gasteiger partial charge in [-0.1, -0.05) is 24.3 Å². The molecule has 0 radical (unpaired) electrons. The fourth-order valence-electron chi connectivity index (χ4n) is 1.69. The molecule has 3 N–H and O–H groups in total. The van der Waals surface area contributed by atoms with Gasteiger partial charge in [-0.25, -0.2) is 8.42 Å². The van der Waals surface area contributed by atoms with E-state index < -0.39 is 15.9 Å². The maximum atomic E-state index is 12.2. The normalized spacial score (nSPS) is 11.1. The van der Waals surface area contributed by atoms with Crippen LogP contribution in [0.2, 0.25) is 0 Å². The lowest BCUT2D eigenvalue weighted by Gasteiger charge is -2.11. The van der Waals surface area contributed by atoms with Crippen LogP contribution >= 0.6 is 0 Å². The van der Waals surface area contributed by atoms with Crippen LogP contribution < -0.4 is 10.5 Å². The molecule has 0 heterocycles. The highest BCUT2D eigenvalue weighted by Crippen LogP contribution is 2.21. The molecule has 2 rings (SSSR count). The molecule has 0 aliphatic carbocycles. The highest BCUT2D eigenvalue weighted by atomic mass is 32.2. The highest BCUT2D eigenvalue weighted by molar-refractivity contribution is 7.92. The first-order valence-corrected chi connectivity index (χ1v) is 7.37. The van der Waals surface area contributed by atoms with Gasteiger partial charge in [-0.15, -0.1) is 0 Å². The summed E-state index contributed by atoms with van der Waals surface area (Å²) in [6, 6.07) is 12.6. The third-order valence-corrected chi connectivity index (χ3v) is 4.20. The number of hydrogen-bond acceptors (Lipinski definition) is 3. The van der Waals surface area contributed by atoms with Crippen LogP contribution in [0.25, 0.3) is 0 Å². The molecule has 0 aliphatic rings. The summed E-state index contributed by atoms with van der Waals surface area (Å²) in [4.78, 5) is 11.3. The quantitative estimate of drug-likeness (QED) is 0.901. The Morgan fingerprint density at radius 2 is 1.75 bits per heavy atom. The number of hydrogen-bond donors (Lipinski definition) is 2. The summed E-state index contributed by atoms with van der Waals surface area (Å²) >= 11 is 0. The molecule has 20 heavy (non-hydrogen) atoms. The van der Waals surface area contributed by atoms with E-state index in [4.69, 9.17) is 5.73 Å². The maximum Gasteiger partial charge on any atom is 0.261 e. The van der Waals surface area contributed by atoms with Gasteiger partial charge in [0, 0.05) is 5.56 Å². The fraction of sp³-hybridized carbons (Fsp3) is 0.0714. The molecule has 2 aromatic rings. The van der Waals surface area contributed by atoms with Gasteiger partial charge >= 0.3 is 0 Å². The SMILES string of the molecule is Cc1ccc(C(N)=O)cc1NS(=O)(=O)c1ccccc1. The third-order valence-electron chi connectivity index (χ3n) is 2.82. The lowest BCUT2D eigenvalue weighted by molar-refractivity contribution is 0.100. The summed E-state index contributed by atoms with van der Waals surface area (Å²) in [5, 5.41) is 0. The van der Waals surface area contributed by atoms with Gasteiger partial charge in [0.25, 0.3) is 10.0 Å². The van der Waals surface area contributed by atoms with Crippen molar-refractivity contribution in [2.75, 3.05) is 4.72 Å². The van der Waals surface area contributed by atoms with Gasteiger partial charge in [0.1, 0.15) is 0 Å². The van der Waals surface area contributed by atoms with Crippen molar-refractivity contribution in [3.63, 3.8) is 0 Å². The number of rotatable bonds is 4. The molecule has 0 aliphatic heterocycles. The van der Waals surface area contributed by atoms with Crippen LogP contribution in [0.3, 0.4) is 0 Å². The lowest BCUT2D eigenvalue weighted by atomic mass is 10.1. The molecule has 0 aromatic heterocycles. The summed E-state index contributed by atoms with van der Waals surface area (Å²) in [6.45, 7) is 1.74. The first kappa shape index (κ1) is 14.1. The van der Waals surface area contributed by atoms with E-state index in [9.17, 15) is 13.2 Å². The first-order chi connectivity index (χ1) is 9.40. The molecule has 0 saturated carbocycles. The van der Waals surface area contributed by atoms with E-state index >= 15 is 0 Å². The molecule has 0 bridgehead atoms. The smallest absolute Gasteiger partial charge is 0.261 e. The number of benzene rings is 2. The topological polar surface area (TPSA) is 89.3 Å².